The zero-order chi connectivity index (χ0) is 15.5. The Balaban J connectivity index is 1.74. The van der Waals surface area contributed by atoms with Crippen LogP contribution in [0.3, 0.4) is 0 Å². The topological polar surface area (TPSA) is 46.3 Å². The lowest BCUT2D eigenvalue weighted by atomic mass is 9.95. The highest BCUT2D eigenvalue weighted by molar-refractivity contribution is 5.94. The van der Waals surface area contributed by atoms with Crippen molar-refractivity contribution in [3.63, 3.8) is 0 Å². The number of benzene rings is 2. The molecule has 0 saturated carbocycles. The lowest BCUT2D eigenvalue weighted by molar-refractivity contribution is 0.0789. The fourth-order valence-electron chi connectivity index (χ4n) is 3.11. The molecule has 3 nitrogen and oxygen atoms in total. The SMILES string of the molecule is CCc1ccc(C(=O)N2C[C@@H](N)[C@H](c3ccccc3)C2)cc1. The number of aryl methyl sites for hydroxylation is 1. The van der Waals surface area contributed by atoms with Crippen LogP contribution >= 0.6 is 0 Å². The second kappa shape index (κ2) is 6.32. The van der Waals surface area contributed by atoms with Crippen LogP contribution in [-0.4, -0.2) is 29.9 Å². The van der Waals surface area contributed by atoms with Crippen molar-refractivity contribution in [2.75, 3.05) is 13.1 Å². The smallest absolute Gasteiger partial charge is 0.253 e. The Morgan fingerprint density at radius 3 is 2.41 bits per heavy atom. The molecule has 0 unspecified atom stereocenters. The molecule has 0 aliphatic carbocycles. The molecule has 2 aromatic rings. The summed E-state index contributed by atoms with van der Waals surface area (Å²) in [5, 5.41) is 0. The Morgan fingerprint density at radius 1 is 1.09 bits per heavy atom. The molecule has 1 aliphatic rings. The number of amides is 1. The average Bonchev–Trinajstić information content (AvgIpc) is 2.97. The average molecular weight is 294 g/mol. The lowest BCUT2D eigenvalue weighted by Gasteiger charge is -2.16. The van der Waals surface area contributed by atoms with Crippen LogP contribution in [0, 0.1) is 0 Å². The highest BCUT2D eigenvalue weighted by Crippen LogP contribution is 2.27. The van der Waals surface area contributed by atoms with E-state index in [1.165, 1.54) is 11.1 Å². The Labute approximate surface area is 131 Å². The molecule has 1 fully saturated rings. The number of rotatable bonds is 3. The van der Waals surface area contributed by atoms with E-state index < -0.39 is 0 Å². The molecule has 1 amide bonds. The van der Waals surface area contributed by atoms with Gasteiger partial charge in [0.25, 0.3) is 5.91 Å². The Morgan fingerprint density at radius 2 is 1.77 bits per heavy atom. The summed E-state index contributed by atoms with van der Waals surface area (Å²) in [6, 6.07) is 18.1. The maximum Gasteiger partial charge on any atom is 0.253 e. The van der Waals surface area contributed by atoms with E-state index in [9.17, 15) is 4.79 Å². The van der Waals surface area contributed by atoms with Crippen LogP contribution in [0.4, 0.5) is 0 Å². The fourth-order valence-corrected chi connectivity index (χ4v) is 3.11. The largest absolute Gasteiger partial charge is 0.336 e. The van der Waals surface area contributed by atoms with Crippen LogP contribution in [0.1, 0.15) is 34.3 Å². The molecule has 22 heavy (non-hydrogen) atoms. The summed E-state index contributed by atoms with van der Waals surface area (Å²) < 4.78 is 0. The maximum atomic E-state index is 12.6. The number of hydrogen-bond donors (Lipinski definition) is 1. The van der Waals surface area contributed by atoms with Crippen LogP contribution in [0.2, 0.25) is 0 Å². The Kier molecular flexibility index (Phi) is 4.25. The van der Waals surface area contributed by atoms with Gasteiger partial charge in [-0.2, -0.15) is 0 Å². The van der Waals surface area contributed by atoms with Crippen molar-refractivity contribution in [3.8, 4) is 0 Å². The number of carbonyl (C=O) groups excluding carboxylic acids is 1. The summed E-state index contributed by atoms with van der Waals surface area (Å²) in [7, 11) is 0. The number of carbonyl (C=O) groups is 1. The molecule has 1 aliphatic heterocycles. The fraction of sp³-hybridized carbons (Fsp3) is 0.316. The first-order valence-electron chi connectivity index (χ1n) is 7.87. The van der Waals surface area contributed by atoms with Gasteiger partial charge in [0.2, 0.25) is 0 Å². The third kappa shape index (κ3) is 2.90. The molecule has 2 N–H and O–H groups in total. The van der Waals surface area contributed by atoms with E-state index in [4.69, 9.17) is 5.73 Å². The summed E-state index contributed by atoms with van der Waals surface area (Å²) >= 11 is 0. The molecule has 0 bridgehead atoms. The van der Waals surface area contributed by atoms with Crippen LogP contribution in [0.5, 0.6) is 0 Å². The summed E-state index contributed by atoms with van der Waals surface area (Å²) in [4.78, 5) is 14.5. The molecule has 1 saturated heterocycles. The van der Waals surface area contributed by atoms with Crippen molar-refractivity contribution >= 4 is 5.91 Å². The summed E-state index contributed by atoms with van der Waals surface area (Å²) in [6.07, 6.45) is 0.985. The van der Waals surface area contributed by atoms with E-state index in [1.807, 2.05) is 47.4 Å². The van der Waals surface area contributed by atoms with Gasteiger partial charge in [-0.05, 0) is 29.7 Å². The normalized spacial score (nSPS) is 21.1. The van der Waals surface area contributed by atoms with E-state index in [2.05, 4.69) is 19.1 Å². The van der Waals surface area contributed by atoms with Gasteiger partial charge in [-0.15, -0.1) is 0 Å². The molecule has 0 spiro atoms. The van der Waals surface area contributed by atoms with Crippen molar-refractivity contribution in [1.82, 2.24) is 4.90 Å². The first kappa shape index (κ1) is 14.8. The van der Waals surface area contributed by atoms with Crippen molar-refractivity contribution in [1.29, 1.82) is 0 Å². The van der Waals surface area contributed by atoms with Gasteiger partial charge >= 0.3 is 0 Å². The molecule has 3 heteroatoms. The van der Waals surface area contributed by atoms with Gasteiger partial charge in [0.05, 0.1) is 0 Å². The van der Waals surface area contributed by atoms with E-state index in [-0.39, 0.29) is 17.9 Å². The molecule has 2 atom stereocenters. The Hall–Kier alpha value is -2.13. The minimum Gasteiger partial charge on any atom is -0.336 e. The quantitative estimate of drug-likeness (QED) is 0.946. The minimum absolute atomic E-state index is 0.00117. The molecule has 114 valence electrons. The van der Waals surface area contributed by atoms with Crippen molar-refractivity contribution in [2.45, 2.75) is 25.3 Å². The predicted octanol–water partition coefficient (Wildman–Crippen LogP) is 2.82. The molecular weight excluding hydrogens is 272 g/mol. The van der Waals surface area contributed by atoms with Gasteiger partial charge in [-0.1, -0.05) is 49.4 Å². The first-order valence-corrected chi connectivity index (χ1v) is 7.87. The molecule has 0 aromatic heterocycles. The van der Waals surface area contributed by atoms with Gasteiger partial charge in [0, 0.05) is 30.6 Å². The van der Waals surface area contributed by atoms with Gasteiger partial charge in [-0.3, -0.25) is 4.79 Å². The van der Waals surface area contributed by atoms with E-state index in [0.717, 1.165) is 12.0 Å². The van der Waals surface area contributed by atoms with Gasteiger partial charge < -0.3 is 10.6 Å². The standard InChI is InChI=1S/C19H22N2O/c1-2-14-8-10-16(11-9-14)19(22)21-12-17(18(20)13-21)15-6-4-3-5-7-15/h3-11,17-18H,2,12-13,20H2,1H3/t17-,18+/m0/s1. The van der Waals surface area contributed by atoms with Crippen LogP contribution in [0.25, 0.3) is 0 Å². The Bertz CT molecular complexity index is 636. The molecule has 2 aromatic carbocycles. The van der Waals surface area contributed by atoms with Gasteiger partial charge in [-0.25, -0.2) is 0 Å². The maximum absolute atomic E-state index is 12.6. The van der Waals surface area contributed by atoms with Crippen molar-refractivity contribution in [3.05, 3.63) is 71.3 Å². The zero-order valence-electron chi connectivity index (χ0n) is 12.9. The first-order chi connectivity index (χ1) is 10.7. The monoisotopic (exact) mass is 294 g/mol. The van der Waals surface area contributed by atoms with E-state index in [0.29, 0.717) is 13.1 Å². The zero-order valence-corrected chi connectivity index (χ0v) is 12.9. The summed E-state index contributed by atoms with van der Waals surface area (Å²) in [5.74, 6) is 0.302. The van der Waals surface area contributed by atoms with Crippen LogP contribution in [-0.2, 0) is 6.42 Å². The highest BCUT2D eigenvalue weighted by Gasteiger charge is 2.34. The molecule has 1 heterocycles. The molecule has 0 radical (unpaired) electrons. The number of nitrogens with zero attached hydrogens (tertiary/aromatic N) is 1. The molecular formula is C19H22N2O. The van der Waals surface area contributed by atoms with Gasteiger partial charge in [0.1, 0.15) is 0 Å². The molecule has 3 rings (SSSR count). The summed E-state index contributed by atoms with van der Waals surface area (Å²) in [5.41, 5.74) is 9.48. The number of likely N-dealkylation sites (tertiary alicyclic amines) is 1. The van der Waals surface area contributed by atoms with E-state index >= 15 is 0 Å². The van der Waals surface area contributed by atoms with E-state index in [1.54, 1.807) is 0 Å². The van der Waals surface area contributed by atoms with Crippen molar-refractivity contribution < 1.29 is 4.79 Å². The number of hydrogen-bond acceptors (Lipinski definition) is 2. The van der Waals surface area contributed by atoms with Crippen molar-refractivity contribution in [2.24, 2.45) is 5.73 Å². The lowest BCUT2D eigenvalue weighted by Crippen LogP contribution is -2.32. The highest BCUT2D eigenvalue weighted by atomic mass is 16.2. The third-order valence-corrected chi connectivity index (χ3v) is 4.49. The van der Waals surface area contributed by atoms with Gasteiger partial charge in [0.15, 0.2) is 0 Å². The second-order valence-electron chi connectivity index (χ2n) is 5.94. The number of nitrogens with two attached hydrogens (primary N) is 1. The summed E-state index contributed by atoms with van der Waals surface area (Å²) in [6.45, 7) is 3.42. The van der Waals surface area contributed by atoms with Crippen LogP contribution in [0.15, 0.2) is 54.6 Å². The third-order valence-electron chi connectivity index (χ3n) is 4.49. The predicted molar refractivity (Wildman–Crippen MR) is 88.9 cm³/mol. The van der Waals surface area contributed by atoms with Crippen LogP contribution < -0.4 is 5.73 Å². The second-order valence-corrected chi connectivity index (χ2v) is 5.94. The minimum atomic E-state index is 0.00117.